The summed E-state index contributed by atoms with van der Waals surface area (Å²) in [4.78, 5) is 24.0. The number of nitrogens with two attached hydrogens (primary N) is 1. The number of hydrogen-bond donors (Lipinski definition) is 1. The lowest BCUT2D eigenvalue weighted by molar-refractivity contribution is 0.0600. The molecule has 0 aliphatic heterocycles. The van der Waals surface area contributed by atoms with Crippen molar-refractivity contribution >= 4 is 11.9 Å². The number of unbranched alkanes of at least 4 members (excludes halogenated alkanes) is 2. The van der Waals surface area contributed by atoms with Gasteiger partial charge in [-0.05, 0) is 37.5 Å². The molecule has 5 nitrogen and oxygen atoms in total. The summed E-state index contributed by atoms with van der Waals surface area (Å²) in [7, 11) is 1.35. The monoisotopic (exact) mass is 368 g/mol. The van der Waals surface area contributed by atoms with Crippen LogP contribution in [0.1, 0.15) is 58.3 Å². The first-order valence-electron chi connectivity index (χ1n) is 9.27. The third-order valence-electron chi connectivity index (χ3n) is 4.80. The summed E-state index contributed by atoms with van der Waals surface area (Å²) < 4.78 is 6.88. The summed E-state index contributed by atoms with van der Waals surface area (Å²) in [5.74, 6) is -0.834. The smallest absolute Gasteiger partial charge is 0.337 e. The van der Waals surface area contributed by atoms with E-state index in [4.69, 9.17) is 10.5 Å². The van der Waals surface area contributed by atoms with Crippen molar-refractivity contribution in [3.8, 4) is 11.1 Å². The van der Waals surface area contributed by atoms with E-state index in [-0.39, 0.29) is 5.97 Å². The second kappa shape index (κ2) is 9.21. The number of ether oxygens (including phenoxy) is 1. The van der Waals surface area contributed by atoms with E-state index in [1.54, 1.807) is 12.1 Å². The van der Waals surface area contributed by atoms with E-state index in [1.807, 2.05) is 25.1 Å². The van der Waals surface area contributed by atoms with Crippen LogP contribution < -0.4 is 5.73 Å². The number of carbonyl (C=O) groups is 2. The highest BCUT2D eigenvalue weighted by molar-refractivity contribution is 6.02. The Morgan fingerprint density at radius 1 is 1.22 bits per heavy atom. The highest BCUT2D eigenvalue weighted by atomic mass is 16.5. The molecule has 1 aromatic heterocycles. The highest BCUT2D eigenvalue weighted by Gasteiger charge is 2.24. The van der Waals surface area contributed by atoms with Crippen LogP contribution in [0, 0.1) is 6.92 Å². The lowest BCUT2D eigenvalue weighted by atomic mass is 9.96. The molecule has 0 aliphatic rings. The number of amides is 1. The summed E-state index contributed by atoms with van der Waals surface area (Å²) in [6, 6.07) is 7.11. The highest BCUT2D eigenvalue weighted by Crippen LogP contribution is 2.34. The van der Waals surface area contributed by atoms with E-state index in [0.29, 0.717) is 17.7 Å². The third-order valence-corrected chi connectivity index (χ3v) is 4.80. The molecule has 0 spiro atoms. The predicted octanol–water partition coefficient (Wildman–Crippen LogP) is 4.27. The average Bonchev–Trinajstić information content (AvgIpc) is 2.94. The van der Waals surface area contributed by atoms with Crippen molar-refractivity contribution in [2.75, 3.05) is 7.11 Å². The first-order valence-corrected chi connectivity index (χ1v) is 9.27. The van der Waals surface area contributed by atoms with Crippen LogP contribution in [0.25, 0.3) is 11.1 Å². The minimum atomic E-state index is -0.445. The molecular weight excluding hydrogens is 340 g/mol. The molecule has 2 aromatic rings. The van der Waals surface area contributed by atoms with Gasteiger partial charge in [0.1, 0.15) is 0 Å². The molecule has 1 amide bonds. The number of methoxy groups -OCH3 is 1. The molecule has 0 aliphatic carbocycles. The molecule has 5 heteroatoms. The SMILES string of the molecule is C=CCn1c(C)c(C(N)=O)c(-c2ccc(C(=O)OC)cc2)c1CCCCC. The molecule has 0 bridgehead atoms. The number of hydrogen-bond acceptors (Lipinski definition) is 3. The van der Waals surface area contributed by atoms with E-state index < -0.39 is 5.91 Å². The van der Waals surface area contributed by atoms with Gasteiger partial charge in [0, 0.05) is 23.5 Å². The van der Waals surface area contributed by atoms with Gasteiger partial charge in [0.2, 0.25) is 0 Å². The van der Waals surface area contributed by atoms with Crippen molar-refractivity contribution in [3.63, 3.8) is 0 Å². The Bertz CT molecular complexity index is 832. The maximum atomic E-state index is 12.2. The van der Waals surface area contributed by atoms with Crippen molar-refractivity contribution in [2.45, 2.75) is 46.1 Å². The quantitative estimate of drug-likeness (QED) is 0.408. The Labute approximate surface area is 160 Å². The maximum Gasteiger partial charge on any atom is 0.337 e. The molecule has 0 unspecified atom stereocenters. The van der Waals surface area contributed by atoms with Crippen molar-refractivity contribution in [1.29, 1.82) is 0 Å². The fraction of sp³-hybridized carbons (Fsp3) is 0.364. The van der Waals surface area contributed by atoms with E-state index in [1.165, 1.54) is 7.11 Å². The molecule has 0 saturated carbocycles. The molecular formula is C22H28N2O3. The Morgan fingerprint density at radius 2 is 1.89 bits per heavy atom. The lowest BCUT2D eigenvalue weighted by Gasteiger charge is -2.12. The second-order valence-electron chi connectivity index (χ2n) is 6.57. The number of aromatic nitrogens is 1. The van der Waals surface area contributed by atoms with E-state index in [2.05, 4.69) is 18.1 Å². The van der Waals surface area contributed by atoms with Crippen LogP contribution in [0.4, 0.5) is 0 Å². The predicted molar refractivity (Wildman–Crippen MR) is 108 cm³/mol. The summed E-state index contributed by atoms with van der Waals surface area (Å²) >= 11 is 0. The number of allylic oxidation sites excluding steroid dienone is 1. The van der Waals surface area contributed by atoms with Crippen LogP contribution in [-0.4, -0.2) is 23.6 Å². The van der Waals surface area contributed by atoms with Gasteiger partial charge in [-0.15, -0.1) is 6.58 Å². The molecule has 2 rings (SSSR count). The van der Waals surface area contributed by atoms with Crippen molar-refractivity contribution in [2.24, 2.45) is 5.73 Å². The van der Waals surface area contributed by atoms with Crippen molar-refractivity contribution in [1.82, 2.24) is 4.57 Å². The van der Waals surface area contributed by atoms with Gasteiger partial charge in [-0.1, -0.05) is 38.0 Å². The molecule has 27 heavy (non-hydrogen) atoms. The normalized spacial score (nSPS) is 10.6. The fourth-order valence-electron chi connectivity index (χ4n) is 3.48. The Kier molecular flexibility index (Phi) is 6.99. The zero-order chi connectivity index (χ0) is 20.0. The van der Waals surface area contributed by atoms with E-state index >= 15 is 0 Å². The van der Waals surface area contributed by atoms with E-state index in [9.17, 15) is 9.59 Å². The molecule has 1 aromatic carbocycles. The third kappa shape index (κ3) is 4.30. The van der Waals surface area contributed by atoms with Gasteiger partial charge in [-0.25, -0.2) is 4.79 Å². The molecule has 0 atom stereocenters. The first kappa shape index (κ1) is 20.5. The fourth-order valence-corrected chi connectivity index (χ4v) is 3.48. The lowest BCUT2D eigenvalue weighted by Crippen LogP contribution is -2.13. The maximum absolute atomic E-state index is 12.2. The van der Waals surface area contributed by atoms with Crippen molar-refractivity contribution in [3.05, 3.63) is 59.4 Å². The van der Waals surface area contributed by atoms with Crippen LogP contribution in [0.3, 0.4) is 0 Å². The van der Waals surface area contributed by atoms with Gasteiger partial charge in [0.05, 0.1) is 18.2 Å². The zero-order valence-corrected chi connectivity index (χ0v) is 16.4. The summed E-state index contributed by atoms with van der Waals surface area (Å²) in [6.45, 7) is 8.54. The largest absolute Gasteiger partial charge is 0.465 e. The van der Waals surface area contributed by atoms with E-state index in [0.717, 1.165) is 48.2 Å². The first-order chi connectivity index (χ1) is 13.0. The molecule has 1 heterocycles. The van der Waals surface area contributed by atoms with Crippen LogP contribution in [-0.2, 0) is 17.7 Å². The zero-order valence-electron chi connectivity index (χ0n) is 16.4. The van der Waals surface area contributed by atoms with Gasteiger partial charge in [-0.2, -0.15) is 0 Å². The number of rotatable bonds is 9. The Balaban J connectivity index is 2.63. The number of carbonyl (C=O) groups excluding carboxylic acids is 2. The molecule has 0 fully saturated rings. The van der Waals surface area contributed by atoms with Gasteiger partial charge in [0.25, 0.3) is 5.91 Å². The number of esters is 1. The number of nitrogens with zero attached hydrogens (tertiary/aromatic N) is 1. The van der Waals surface area contributed by atoms with Crippen LogP contribution >= 0.6 is 0 Å². The Morgan fingerprint density at radius 3 is 2.41 bits per heavy atom. The standard InChI is InChI=1S/C22H28N2O3/c1-5-7-8-9-18-20(16-10-12-17(13-11-16)22(26)27-4)19(21(23)25)15(3)24(18)14-6-2/h6,10-13H,2,5,7-9,14H2,1,3-4H3,(H2,23,25). The topological polar surface area (TPSA) is 74.3 Å². The number of primary amides is 1. The average molecular weight is 368 g/mol. The van der Waals surface area contributed by atoms with Crippen LogP contribution in [0.2, 0.25) is 0 Å². The minimum absolute atomic E-state index is 0.389. The molecule has 2 N–H and O–H groups in total. The minimum Gasteiger partial charge on any atom is -0.465 e. The van der Waals surface area contributed by atoms with Gasteiger partial charge < -0.3 is 15.0 Å². The molecule has 0 saturated heterocycles. The summed E-state index contributed by atoms with van der Waals surface area (Å²) in [5, 5.41) is 0. The van der Waals surface area contributed by atoms with Gasteiger partial charge >= 0.3 is 5.97 Å². The second-order valence-corrected chi connectivity index (χ2v) is 6.57. The van der Waals surface area contributed by atoms with Gasteiger partial charge in [-0.3, -0.25) is 4.79 Å². The molecule has 0 radical (unpaired) electrons. The Hall–Kier alpha value is -2.82. The number of benzene rings is 1. The summed E-state index contributed by atoms with van der Waals surface area (Å²) in [6.07, 6.45) is 5.94. The van der Waals surface area contributed by atoms with Crippen LogP contribution in [0.5, 0.6) is 0 Å². The van der Waals surface area contributed by atoms with Crippen LogP contribution in [0.15, 0.2) is 36.9 Å². The van der Waals surface area contributed by atoms with Crippen molar-refractivity contribution < 1.29 is 14.3 Å². The summed E-state index contributed by atoms with van der Waals surface area (Å²) in [5.41, 5.74) is 10.4. The molecule has 144 valence electrons. The van der Waals surface area contributed by atoms with Gasteiger partial charge in [0.15, 0.2) is 0 Å².